The van der Waals surface area contributed by atoms with Gasteiger partial charge in [-0.15, -0.1) is 24.0 Å². The molecule has 1 fully saturated rings. The van der Waals surface area contributed by atoms with Crippen molar-refractivity contribution in [3.63, 3.8) is 0 Å². The molecule has 0 aliphatic heterocycles. The predicted molar refractivity (Wildman–Crippen MR) is 118 cm³/mol. The molecular formula is C20H24IN5. The van der Waals surface area contributed by atoms with Crippen LogP contribution in [-0.2, 0) is 13.0 Å². The molecular weight excluding hydrogens is 437 g/mol. The van der Waals surface area contributed by atoms with E-state index in [1.54, 1.807) is 0 Å². The Morgan fingerprint density at radius 2 is 1.92 bits per heavy atom. The average molecular weight is 461 g/mol. The van der Waals surface area contributed by atoms with E-state index in [4.69, 9.17) is 10.7 Å². The summed E-state index contributed by atoms with van der Waals surface area (Å²) in [5.41, 5.74) is 10.5. The lowest BCUT2D eigenvalue weighted by molar-refractivity contribution is 0.702. The van der Waals surface area contributed by atoms with Gasteiger partial charge in [-0.1, -0.05) is 31.2 Å². The van der Waals surface area contributed by atoms with Crippen molar-refractivity contribution in [2.45, 2.75) is 38.8 Å². The summed E-state index contributed by atoms with van der Waals surface area (Å²) in [6, 6.07) is 17.1. The number of benzene rings is 2. The number of hydrogen-bond donors (Lipinski definition) is 2. The van der Waals surface area contributed by atoms with Crippen molar-refractivity contribution in [1.82, 2.24) is 9.55 Å². The van der Waals surface area contributed by atoms with Crippen molar-refractivity contribution < 1.29 is 0 Å². The van der Waals surface area contributed by atoms with E-state index >= 15 is 0 Å². The summed E-state index contributed by atoms with van der Waals surface area (Å²) < 4.78 is 2.32. The second-order valence-electron chi connectivity index (χ2n) is 6.49. The van der Waals surface area contributed by atoms with Crippen LogP contribution in [0.5, 0.6) is 0 Å². The number of nitrogens with zero attached hydrogens (tertiary/aromatic N) is 3. The molecule has 0 unspecified atom stereocenters. The summed E-state index contributed by atoms with van der Waals surface area (Å²) in [6.07, 6.45) is 3.46. The Morgan fingerprint density at radius 3 is 2.62 bits per heavy atom. The number of aryl methyl sites for hydroxylation is 1. The van der Waals surface area contributed by atoms with Gasteiger partial charge in [0.25, 0.3) is 0 Å². The van der Waals surface area contributed by atoms with Crippen LogP contribution in [0.4, 0.5) is 5.69 Å². The first-order chi connectivity index (χ1) is 12.2. The second kappa shape index (κ2) is 8.07. The Labute approximate surface area is 170 Å². The summed E-state index contributed by atoms with van der Waals surface area (Å²) in [6.45, 7) is 2.63. The third-order valence-electron chi connectivity index (χ3n) is 4.61. The summed E-state index contributed by atoms with van der Waals surface area (Å²) in [4.78, 5) is 9.25. The molecule has 1 heterocycles. The SMILES string of the molecule is CCc1ccc(NC(N)=NCc2nc3ccccc3n2C2CC2)cc1.I. The average Bonchev–Trinajstić information content (AvgIpc) is 3.41. The molecule has 136 valence electrons. The summed E-state index contributed by atoms with van der Waals surface area (Å²) in [5, 5.41) is 3.15. The van der Waals surface area contributed by atoms with Crippen LogP contribution in [0.15, 0.2) is 53.5 Å². The third-order valence-corrected chi connectivity index (χ3v) is 4.61. The summed E-state index contributed by atoms with van der Waals surface area (Å²) in [7, 11) is 0. The Bertz CT molecular complexity index is 910. The monoisotopic (exact) mass is 461 g/mol. The second-order valence-corrected chi connectivity index (χ2v) is 6.49. The number of hydrogen-bond acceptors (Lipinski definition) is 2. The van der Waals surface area contributed by atoms with Crippen LogP contribution >= 0.6 is 24.0 Å². The molecule has 1 aliphatic rings. The van der Waals surface area contributed by atoms with Gasteiger partial charge >= 0.3 is 0 Å². The molecule has 0 atom stereocenters. The Hall–Kier alpha value is -2.09. The van der Waals surface area contributed by atoms with Gasteiger partial charge in [0, 0.05) is 11.7 Å². The highest BCUT2D eigenvalue weighted by atomic mass is 127. The van der Waals surface area contributed by atoms with E-state index in [0.29, 0.717) is 18.5 Å². The van der Waals surface area contributed by atoms with Gasteiger partial charge in [0.1, 0.15) is 12.4 Å². The first-order valence-corrected chi connectivity index (χ1v) is 8.86. The highest BCUT2D eigenvalue weighted by molar-refractivity contribution is 14.0. The van der Waals surface area contributed by atoms with Crippen LogP contribution in [0.25, 0.3) is 11.0 Å². The van der Waals surface area contributed by atoms with Gasteiger partial charge in [-0.3, -0.25) is 0 Å². The zero-order valence-electron chi connectivity index (χ0n) is 14.9. The zero-order valence-corrected chi connectivity index (χ0v) is 17.2. The van der Waals surface area contributed by atoms with Crippen LogP contribution in [0.3, 0.4) is 0 Å². The van der Waals surface area contributed by atoms with Gasteiger partial charge in [0.2, 0.25) is 0 Å². The molecule has 26 heavy (non-hydrogen) atoms. The van der Waals surface area contributed by atoms with Gasteiger partial charge in [-0.2, -0.15) is 0 Å². The fourth-order valence-electron chi connectivity index (χ4n) is 3.11. The maximum absolute atomic E-state index is 6.06. The first kappa shape index (κ1) is 18.7. The van der Waals surface area contributed by atoms with Crippen molar-refractivity contribution in [1.29, 1.82) is 0 Å². The molecule has 6 heteroatoms. The molecule has 2 aromatic carbocycles. The number of nitrogens with one attached hydrogen (secondary N) is 1. The van der Waals surface area contributed by atoms with Crippen molar-refractivity contribution in [2.75, 3.05) is 5.32 Å². The normalized spacial score (nSPS) is 14.3. The third kappa shape index (κ3) is 4.00. The smallest absolute Gasteiger partial charge is 0.193 e. The van der Waals surface area contributed by atoms with E-state index < -0.39 is 0 Å². The molecule has 1 aliphatic carbocycles. The van der Waals surface area contributed by atoms with Gasteiger partial charge in [-0.05, 0) is 49.1 Å². The lowest BCUT2D eigenvalue weighted by Crippen LogP contribution is -2.22. The van der Waals surface area contributed by atoms with Crippen LogP contribution in [0.1, 0.15) is 37.2 Å². The number of halogens is 1. The highest BCUT2D eigenvalue weighted by Crippen LogP contribution is 2.38. The quantitative estimate of drug-likeness (QED) is 0.335. The minimum atomic E-state index is 0. The molecule has 5 nitrogen and oxygen atoms in total. The highest BCUT2D eigenvalue weighted by Gasteiger charge is 2.27. The van der Waals surface area contributed by atoms with E-state index in [9.17, 15) is 0 Å². The molecule has 0 radical (unpaired) electrons. The number of aromatic nitrogens is 2. The molecule has 0 amide bonds. The number of anilines is 1. The zero-order chi connectivity index (χ0) is 17.2. The van der Waals surface area contributed by atoms with Crippen LogP contribution in [0, 0.1) is 0 Å². The Kier molecular flexibility index (Phi) is 5.80. The first-order valence-electron chi connectivity index (χ1n) is 8.86. The number of imidazole rings is 1. The number of guanidine groups is 1. The largest absolute Gasteiger partial charge is 0.370 e. The van der Waals surface area contributed by atoms with Gasteiger partial charge in [-0.25, -0.2) is 9.98 Å². The molecule has 1 aromatic heterocycles. The molecule has 3 aromatic rings. The maximum atomic E-state index is 6.06. The lowest BCUT2D eigenvalue weighted by Gasteiger charge is -2.08. The van der Waals surface area contributed by atoms with E-state index in [-0.39, 0.29) is 24.0 Å². The van der Waals surface area contributed by atoms with Gasteiger partial charge in [0.15, 0.2) is 5.96 Å². The Morgan fingerprint density at radius 1 is 1.19 bits per heavy atom. The molecule has 1 saturated carbocycles. The van der Waals surface area contributed by atoms with Crippen molar-refractivity contribution in [2.24, 2.45) is 10.7 Å². The molecule has 3 N–H and O–H groups in total. The molecule has 0 spiro atoms. The fourth-order valence-corrected chi connectivity index (χ4v) is 3.11. The Balaban J connectivity index is 0.00000196. The number of aliphatic imine (C=N–C) groups is 1. The maximum Gasteiger partial charge on any atom is 0.193 e. The van der Waals surface area contributed by atoms with E-state index in [0.717, 1.165) is 23.4 Å². The van der Waals surface area contributed by atoms with E-state index in [1.807, 2.05) is 18.2 Å². The molecule has 0 bridgehead atoms. The summed E-state index contributed by atoms with van der Waals surface area (Å²) >= 11 is 0. The van der Waals surface area contributed by atoms with Crippen molar-refractivity contribution in [3.8, 4) is 0 Å². The van der Waals surface area contributed by atoms with Crippen molar-refractivity contribution >= 4 is 46.7 Å². The standard InChI is InChI=1S/C20H23N5.HI/c1-2-14-7-9-15(10-8-14)23-20(21)22-13-19-24-17-5-3-4-6-18(17)25(19)16-11-12-16;/h3-10,16H,2,11-13H2,1H3,(H3,21,22,23);1H. The van der Waals surface area contributed by atoms with E-state index in [1.165, 1.54) is 23.9 Å². The van der Waals surface area contributed by atoms with Gasteiger partial charge < -0.3 is 15.6 Å². The van der Waals surface area contributed by atoms with Crippen LogP contribution in [0.2, 0.25) is 0 Å². The number of rotatable bonds is 5. The van der Waals surface area contributed by atoms with Crippen molar-refractivity contribution in [3.05, 3.63) is 59.9 Å². The number of fused-ring (bicyclic) bond motifs is 1. The van der Waals surface area contributed by atoms with Crippen LogP contribution in [-0.4, -0.2) is 15.5 Å². The fraction of sp³-hybridized carbons (Fsp3) is 0.300. The minimum Gasteiger partial charge on any atom is -0.370 e. The number of para-hydroxylation sites is 2. The predicted octanol–water partition coefficient (Wildman–Crippen LogP) is 4.48. The van der Waals surface area contributed by atoms with E-state index in [2.05, 4.69) is 52.1 Å². The molecule has 0 saturated heterocycles. The molecule has 4 rings (SSSR count). The summed E-state index contributed by atoms with van der Waals surface area (Å²) in [5.74, 6) is 1.40. The van der Waals surface area contributed by atoms with Crippen LogP contribution < -0.4 is 11.1 Å². The van der Waals surface area contributed by atoms with Gasteiger partial charge in [0.05, 0.1) is 11.0 Å². The number of nitrogens with two attached hydrogens (primary N) is 1. The lowest BCUT2D eigenvalue weighted by atomic mass is 10.1. The topological polar surface area (TPSA) is 68.2 Å². The minimum absolute atomic E-state index is 0.